The highest BCUT2D eigenvalue weighted by Crippen LogP contribution is 2.26. The van der Waals surface area contributed by atoms with Crippen molar-refractivity contribution in [2.45, 2.75) is 45.1 Å². The molecular formula is C18H25N5O. The van der Waals surface area contributed by atoms with Gasteiger partial charge in [0.1, 0.15) is 18.7 Å². The van der Waals surface area contributed by atoms with Crippen LogP contribution in [0.15, 0.2) is 36.9 Å². The summed E-state index contributed by atoms with van der Waals surface area (Å²) in [7, 11) is 0. The third-order valence-electron chi connectivity index (χ3n) is 4.70. The lowest BCUT2D eigenvalue weighted by Crippen LogP contribution is -2.25. The first-order valence-corrected chi connectivity index (χ1v) is 8.72. The number of hydrogen-bond donors (Lipinski definition) is 2. The number of anilines is 2. The van der Waals surface area contributed by atoms with Crippen LogP contribution in [0.25, 0.3) is 0 Å². The molecular weight excluding hydrogens is 302 g/mol. The van der Waals surface area contributed by atoms with Crippen molar-refractivity contribution in [2.24, 2.45) is 5.92 Å². The first-order valence-electron chi connectivity index (χ1n) is 8.72. The van der Waals surface area contributed by atoms with Gasteiger partial charge in [0.25, 0.3) is 0 Å². The fourth-order valence-electron chi connectivity index (χ4n) is 3.17. The monoisotopic (exact) mass is 327 g/mol. The normalized spacial score (nSPS) is 16.5. The molecule has 24 heavy (non-hydrogen) atoms. The van der Waals surface area contributed by atoms with E-state index in [2.05, 4.69) is 20.7 Å². The third-order valence-corrected chi connectivity index (χ3v) is 4.70. The molecule has 0 aliphatic heterocycles. The molecule has 1 saturated carbocycles. The van der Waals surface area contributed by atoms with E-state index in [0.29, 0.717) is 0 Å². The minimum atomic E-state index is -0.404. The summed E-state index contributed by atoms with van der Waals surface area (Å²) in [5, 5.41) is 10.5. The highest BCUT2D eigenvalue weighted by Gasteiger charge is 2.17. The number of carbonyl (C=O) groups excluding carboxylic acids is 1. The van der Waals surface area contributed by atoms with E-state index < -0.39 is 6.04 Å². The van der Waals surface area contributed by atoms with Crippen molar-refractivity contribution in [3.8, 4) is 0 Å². The van der Waals surface area contributed by atoms with E-state index >= 15 is 0 Å². The number of rotatable bonds is 6. The minimum Gasteiger partial charge on any atom is -0.383 e. The molecule has 1 fully saturated rings. The second kappa shape index (κ2) is 7.95. The first-order chi connectivity index (χ1) is 11.7. The summed E-state index contributed by atoms with van der Waals surface area (Å²) < 4.78 is 1.55. The molecule has 2 aromatic rings. The van der Waals surface area contributed by atoms with Crippen LogP contribution in [0.5, 0.6) is 0 Å². The maximum atomic E-state index is 12.4. The van der Waals surface area contributed by atoms with E-state index in [0.717, 1.165) is 23.8 Å². The van der Waals surface area contributed by atoms with Gasteiger partial charge in [-0.15, -0.1) is 0 Å². The predicted octanol–water partition coefficient (Wildman–Crippen LogP) is 3.47. The van der Waals surface area contributed by atoms with E-state index in [9.17, 15) is 4.79 Å². The van der Waals surface area contributed by atoms with Gasteiger partial charge in [-0.25, -0.2) is 9.67 Å². The zero-order valence-electron chi connectivity index (χ0n) is 14.1. The maximum Gasteiger partial charge on any atom is 0.249 e. The van der Waals surface area contributed by atoms with Gasteiger partial charge in [-0.1, -0.05) is 31.4 Å². The molecule has 0 radical (unpaired) electrons. The number of carbonyl (C=O) groups is 1. The van der Waals surface area contributed by atoms with E-state index in [1.165, 1.54) is 38.4 Å². The van der Waals surface area contributed by atoms with Gasteiger partial charge in [-0.05, 0) is 37.8 Å². The number of benzene rings is 1. The quantitative estimate of drug-likeness (QED) is 0.852. The molecule has 1 heterocycles. The van der Waals surface area contributed by atoms with E-state index in [1.807, 2.05) is 31.2 Å². The highest BCUT2D eigenvalue weighted by atomic mass is 16.2. The number of amides is 1. The van der Waals surface area contributed by atoms with Crippen molar-refractivity contribution in [3.63, 3.8) is 0 Å². The summed E-state index contributed by atoms with van der Waals surface area (Å²) in [6, 6.07) is 7.45. The number of aromatic nitrogens is 3. The largest absolute Gasteiger partial charge is 0.383 e. The Kier molecular flexibility index (Phi) is 5.46. The third kappa shape index (κ3) is 4.13. The molecule has 1 aromatic heterocycles. The van der Waals surface area contributed by atoms with Gasteiger partial charge in [-0.3, -0.25) is 4.79 Å². The van der Waals surface area contributed by atoms with Crippen LogP contribution in [0, 0.1) is 5.92 Å². The van der Waals surface area contributed by atoms with Crippen molar-refractivity contribution in [2.75, 3.05) is 17.2 Å². The van der Waals surface area contributed by atoms with E-state index in [4.69, 9.17) is 0 Å². The average molecular weight is 327 g/mol. The Morgan fingerprint density at radius 1 is 1.25 bits per heavy atom. The molecule has 1 aromatic carbocycles. The fourth-order valence-corrected chi connectivity index (χ4v) is 3.17. The van der Waals surface area contributed by atoms with Gasteiger partial charge in [0, 0.05) is 6.54 Å². The molecule has 0 saturated heterocycles. The number of nitrogens with one attached hydrogen (secondary N) is 2. The molecule has 3 rings (SSSR count). The Bertz CT molecular complexity index is 649. The Hall–Kier alpha value is -2.37. The second-order valence-electron chi connectivity index (χ2n) is 6.47. The Balaban J connectivity index is 1.62. The Morgan fingerprint density at radius 3 is 2.71 bits per heavy atom. The topological polar surface area (TPSA) is 71.8 Å². The van der Waals surface area contributed by atoms with Gasteiger partial charge in [0.15, 0.2) is 0 Å². The number of hydrogen-bond acceptors (Lipinski definition) is 4. The standard InChI is InChI=1S/C18H25N5O/c1-14(23-13-19-12-21-23)18(24)22-17-10-6-5-9-16(17)20-11-15-7-3-2-4-8-15/h5-6,9-10,12-15,20H,2-4,7-8,11H2,1H3,(H,22,24)/t14-/m0/s1. The van der Waals surface area contributed by atoms with Gasteiger partial charge in [-0.2, -0.15) is 5.10 Å². The van der Waals surface area contributed by atoms with Crippen LogP contribution >= 0.6 is 0 Å². The number of para-hydroxylation sites is 2. The zero-order chi connectivity index (χ0) is 16.8. The first kappa shape index (κ1) is 16.5. The maximum absolute atomic E-state index is 12.4. The molecule has 1 aliphatic carbocycles. The second-order valence-corrected chi connectivity index (χ2v) is 6.47. The van der Waals surface area contributed by atoms with Crippen LogP contribution in [0.1, 0.15) is 45.1 Å². The fraction of sp³-hybridized carbons (Fsp3) is 0.500. The Morgan fingerprint density at radius 2 is 2.00 bits per heavy atom. The van der Waals surface area contributed by atoms with Crippen LogP contribution in [-0.4, -0.2) is 27.2 Å². The minimum absolute atomic E-state index is 0.104. The van der Waals surface area contributed by atoms with Crippen LogP contribution in [0.3, 0.4) is 0 Å². The molecule has 0 bridgehead atoms. The van der Waals surface area contributed by atoms with Crippen molar-refractivity contribution < 1.29 is 4.79 Å². The molecule has 1 amide bonds. The molecule has 6 heteroatoms. The summed E-state index contributed by atoms with van der Waals surface area (Å²) in [5.41, 5.74) is 1.78. The van der Waals surface area contributed by atoms with Crippen molar-refractivity contribution >= 4 is 17.3 Å². The average Bonchev–Trinajstić information content (AvgIpc) is 3.16. The summed E-state index contributed by atoms with van der Waals surface area (Å²) in [4.78, 5) is 16.3. The lowest BCUT2D eigenvalue weighted by atomic mass is 9.89. The summed E-state index contributed by atoms with van der Waals surface area (Å²) in [6.07, 6.45) is 9.61. The molecule has 1 atom stereocenters. The van der Waals surface area contributed by atoms with Gasteiger partial charge < -0.3 is 10.6 Å². The summed E-state index contributed by atoms with van der Waals surface area (Å²) in [5.74, 6) is 0.629. The van der Waals surface area contributed by atoms with Crippen LogP contribution in [-0.2, 0) is 4.79 Å². The predicted molar refractivity (Wildman–Crippen MR) is 94.9 cm³/mol. The van der Waals surface area contributed by atoms with Crippen LogP contribution in [0.4, 0.5) is 11.4 Å². The van der Waals surface area contributed by atoms with E-state index in [1.54, 1.807) is 11.0 Å². The van der Waals surface area contributed by atoms with Gasteiger partial charge >= 0.3 is 0 Å². The molecule has 2 N–H and O–H groups in total. The lowest BCUT2D eigenvalue weighted by Gasteiger charge is -2.23. The van der Waals surface area contributed by atoms with Gasteiger partial charge in [0.05, 0.1) is 11.4 Å². The summed E-state index contributed by atoms with van der Waals surface area (Å²) in [6.45, 7) is 2.77. The van der Waals surface area contributed by atoms with Crippen LogP contribution in [0.2, 0.25) is 0 Å². The highest BCUT2D eigenvalue weighted by molar-refractivity contribution is 5.96. The SMILES string of the molecule is C[C@@H](C(=O)Nc1ccccc1NCC1CCCCC1)n1cncn1. The smallest absolute Gasteiger partial charge is 0.249 e. The number of nitrogens with zero attached hydrogens (tertiary/aromatic N) is 3. The molecule has 0 unspecified atom stereocenters. The molecule has 1 aliphatic rings. The Labute approximate surface area is 142 Å². The van der Waals surface area contributed by atoms with Crippen molar-refractivity contribution in [1.82, 2.24) is 14.8 Å². The zero-order valence-corrected chi connectivity index (χ0v) is 14.1. The lowest BCUT2D eigenvalue weighted by molar-refractivity contribution is -0.119. The van der Waals surface area contributed by atoms with Crippen molar-refractivity contribution in [1.29, 1.82) is 0 Å². The van der Waals surface area contributed by atoms with Crippen LogP contribution < -0.4 is 10.6 Å². The molecule has 128 valence electrons. The summed E-state index contributed by atoms with van der Waals surface area (Å²) >= 11 is 0. The van der Waals surface area contributed by atoms with Gasteiger partial charge in [0.2, 0.25) is 5.91 Å². The van der Waals surface area contributed by atoms with Crippen molar-refractivity contribution in [3.05, 3.63) is 36.9 Å². The molecule has 6 nitrogen and oxygen atoms in total. The molecule has 0 spiro atoms. The van der Waals surface area contributed by atoms with E-state index in [-0.39, 0.29) is 5.91 Å².